The van der Waals surface area contributed by atoms with Crippen LogP contribution in [0.2, 0.25) is 5.02 Å². The first-order valence-electron chi connectivity index (χ1n) is 6.25. The van der Waals surface area contributed by atoms with Crippen LogP contribution in [0.15, 0.2) is 18.2 Å². The normalized spacial score (nSPS) is 10.7. The molecule has 0 aliphatic heterocycles. The first-order chi connectivity index (χ1) is 9.06. The summed E-state index contributed by atoms with van der Waals surface area (Å²) >= 11 is 5.79. The summed E-state index contributed by atoms with van der Waals surface area (Å²) in [7, 11) is 0. The number of hydrogen-bond donors (Lipinski definition) is 3. The van der Waals surface area contributed by atoms with E-state index < -0.39 is 0 Å². The van der Waals surface area contributed by atoms with Crippen molar-refractivity contribution in [2.45, 2.75) is 13.3 Å². The van der Waals surface area contributed by atoms with E-state index in [-0.39, 0.29) is 12.5 Å². The molecule has 5 nitrogen and oxygen atoms in total. The molecule has 4 N–H and O–H groups in total. The highest BCUT2D eigenvalue weighted by atomic mass is 35.5. The molecule has 0 aliphatic rings. The number of nitrogens with zero attached hydrogens (tertiary/aromatic N) is 1. The highest BCUT2D eigenvalue weighted by Crippen LogP contribution is 2.22. The highest BCUT2D eigenvalue weighted by Gasteiger charge is 2.08. The molecule has 0 aromatic heterocycles. The molecular weight excluding hydrogens is 266 g/mol. The maximum Gasteiger partial charge on any atom is 0.225 e. The number of nitrogen functional groups attached to an aromatic ring is 1. The first kappa shape index (κ1) is 15.8. The largest absolute Gasteiger partial charge is 0.397 e. The van der Waals surface area contributed by atoms with E-state index in [1.54, 1.807) is 18.2 Å². The SMILES string of the molecule is CCN(CCO)CCC(=O)Nc1ccc(Cl)cc1N. The van der Waals surface area contributed by atoms with Crippen LogP contribution in [0.5, 0.6) is 0 Å². The van der Waals surface area contributed by atoms with Crippen molar-refractivity contribution in [2.75, 3.05) is 37.3 Å². The van der Waals surface area contributed by atoms with Crippen molar-refractivity contribution in [1.82, 2.24) is 4.90 Å². The fourth-order valence-corrected chi connectivity index (χ4v) is 1.87. The summed E-state index contributed by atoms with van der Waals surface area (Å²) in [5.74, 6) is -0.106. The molecule has 0 radical (unpaired) electrons. The van der Waals surface area contributed by atoms with Gasteiger partial charge in [0.2, 0.25) is 5.91 Å². The molecule has 19 heavy (non-hydrogen) atoms. The number of halogens is 1. The lowest BCUT2D eigenvalue weighted by Gasteiger charge is -2.18. The van der Waals surface area contributed by atoms with Gasteiger partial charge >= 0.3 is 0 Å². The number of hydrogen-bond acceptors (Lipinski definition) is 4. The van der Waals surface area contributed by atoms with Gasteiger partial charge in [-0.1, -0.05) is 18.5 Å². The second kappa shape index (κ2) is 7.99. The van der Waals surface area contributed by atoms with Gasteiger partial charge in [0.1, 0.15) is 0 Å². The monoisotopic (exact) mass is 285 g/mol. The van der Waals surface area contributed by atoms with Crippen LogP contribution in [0, 0.1) is 0 Å². The van der Waals surface area contributed by atoms with Crippen LogP contribution in [-0.4, -0.2) is 42.2 Å². The van der Waals surface area contributed by atoms with Crippen LogP contribution < -0.4 is 11.1 Å². The third-order valence-electron chi connectivity index (χ3n) is 2.81. The summed E-state index contributed by atoms with van der Waals surface area (Å²) in [6.07, 6.45) is 0.357. The molecule has 0 heterocycles. The molecule has 0 aliphatic carbocycles. The van der Waals surface area contributed by atoms with Gasteiger partial charge in [0, 0.05) is 24.5 Å². The number of amides is 1. The van der Waals surface area contributed by atoms with E-state index >= 15 is 0 Å². The number of carbonyl (C=O) groups is 1. The molecule has 0 saturated heterocycles. The van der Waals surface area contributed by atoms with Gasteiger partial charge in [-0.15, -0.1) is 0 Å². The van der Waals surface area contributed by atoms with Crippen LogP contribution in [-0.2, 0) is 4.79 Å². The van der Waals surface area contributed by atoms with E-state index in [1.165, 1.54) is 0 Å². The number of aliphatic hydroxyl groups excluding tert-OH is 1. The molecule has 0 unspecified atom stereocenters. The lowest BCUT2D eigenvalue weighted by Crippen LogP contribution is -2.30. The lowest BCUT2D eigenvalue weighted by molar-refractivity contribution is -0.116. The van der Waals surface area contributed by atoms with Gasteiger partial charge < -0.3 is 21.1 Å². The van der Waals surface area contributed by atoms with Gasteiger partial charge in [-0.05, 0) is 24.7 Å². The average Bonchev–Trinajstić information content (AvgIpc) is 2.38. The number of likely N-dealkylation sites (N-methyl/N-ethyl adjacent to an activating group) is 1. The van der Waals surface area contributed by atoms with E-state index in [1.807, 2.05) is 11.8 Å². The Kier molecular flexibility index (Phi) is 6.62. The molecule has 0 bridgehead atoms. The van der Waals surface area contributed by atoms with E-state index in [9.17, 15) is 4.79 Å². The molecule has 1 amide bonds. The molecule has 106 valence electrons. The van der Waals surface area contributed by atoms with Crippen LogP contribution in [0.25, 0.3) is 0 Å². The van der Waals surface area contributed by atoms with Crippen LogP contribution >= 0.6 is 11.6 Å². The van der Waals surface area contributed by atoms with Crippen LogP contribution in [0.1, 0.15) is 13.3 Å². The molecule has 0 spiro atoms. The van der Waals surface area contributed by atoms with Gasteiger partial charge in [0.25, 0.3) is 0 Å². The zero-order valence-electron chi connectivity index (χ0n) is 11.0. The lowest BCUT2D eigenvalue weighted by atomic mass is 10.2. The van der Waals surface area contributed by atoms with Gasteiger partial charge in [-0.3, -0.25) is 4.79 Å². The minimum absolute atomic E-state index is 0.0968. The van der Waals surface area contributed by atoms with E-state index in [0.29, 0.717) is 35.9 Å². The Morgan fingerprint density at radius 2 is 2.21 bits per heavy atom. The smallest absolute Gasteiger partial charge is 0.225 e. The molecule has 0 saturated carbocycles. The number of benzene rings is 1. The molecule has 0 atom stereocenters. The third-order valence-corrected chi connectivity index (χ3v) is 3.04. The van der Waals surface area contributed by atoms with Crippen molar-refractivity contribution in [3.8, 4) is 0 Å². The number of carbonyl (C=O) groups excluding carboxylic acids is 1. The minimum atomic E-state index is -0.106. The molecule has 1 aromatic rings. The van der Waals surface area contributed by atoms with Gasteiger partial charge in [0.15, 0.2) is 0 Å². The molecule has 0 fully saturated rings. The fourth-order valence-electron chi connectivity index (χ4n) is 1.69. The van der Waals surface area contributed by atoms with E-state index in [0.717, 1.165) is 6.54 Å². The molecule has 6 heteroatoms. The zero-order valence-corrected chi connectivity index (χ0v) is 11.8. The van der Waals surface area contributed by atoms with Crippen molar-refractivity contribution >= 4 is 28.9 Å². The maximum absolute atomic E-state index is 11.8. The summed E-state index contributed by atoms with van der Waals surface area (Å²) in [5, 5.41) is 12.1. The second-order valence-corrected chi connectivity index (χ2v) is 4.62. The Bertz CT molecular complexity index is 426. The fraction of sp³-hybridized carbons (Fsp3) is 0.462. The molecule has 1 rings (SSSR count). The Balaban J connectivity index is 2.46. The predicted molar refractivity (Wildman–Crippen MR) is 78.3 cm³/mol. The highest BCUT2D eigenvalue weighted by molar-refractivity contribution is 6.31. The van der Waals surface area contributed by atoms with Crippen molar-refractivity contribution < 1.29 is 9.90 Å². The summed E-state index contributed by atoms with van der Waals surface area (Å²) in [6.45, 7) is 4.07. The zero-order chi connectivity index (χ0) is 14.3. The van der Waals surface area contributed by atoms with E-state index in [2.05, 4.69) is 5.32 Å². The van der Waals surface area contributed by atoms with Gasteiger partial charge in [-0.2, -0.15) is 0 Å². The number of anilines is 2. The Hall–Kier alpha value is -1.30. The summed E-state index contributed by atoms with van der Waals surface area (Å²) < 4.78 is 0. The quantitative estimate of drug-likeness (QED) is 0.665. The van der Waals surface area contributed by atoms with Gasteiger partial charge in [-0.25, -0.2) is 0 Å². The van der Waals surface area contributed by atoms with E-state index in [4.69, 9.17) is 22.4 Å². The van der Waals surface area contributed by atoms with Crippen LogP contribution in [0.4, 0.5) is 11.4 Å². The average molecular weight is 286 g/mol. The molecule has 1 aromatic carbocycles. The Morgan fingerprint density at radius 1 is 1.47 bits per heavy atom. The number of aliphatic hydroxyl groups is 1. The summed E-state index contributed by atoms with van der Waals surface area (Å²) in [5.41, 5.74) is 6.77. The number of nitrogens with two attached hydrogens (primary N) is 1. The van der Waals surface area contributed by atoms with Crippen molar-refractivity contribution in [3.63, 3.8) is 0 Å². The van der Waals surface area contributed by atoms with Gasteiger partial charge in [0.05, 0.1) is 18.0 Å². The Labute approximate surface area is 118 Å². The standard InChI is InChI=1S/C13H20ClN3O2/c1-2-17(7-8-18)6-5-13(19)16-12-4-3-10(14)9-11(12)15/h3-4,9,18H,2,5-8,15H2,1H3,(H,16,19). The van der Waals surface area contributed by atoms with Crippen molar-refractivity contribution in [3.05, 3.63) is 23.2 Å². The summed E-state index contributed by atoms with van der Waals surface area (Å²) in [4.78, 5) is 13.8. The topological polar surface area (TPSA) is 78.6 Å². The number of rotatable bonds is 7. The first-order valence-corrected chi connectivity index (χ1v) is 6.62. The second-order valence-electron chi connectivity index (χ2n) is 4.19. The third kappa shape index (κ3) is 5.46. The van der Waals surface area contributed by atoms with Crippen molar-refractivity contribution in [2.24, 2.45) is 0 Å². The predicted octanol–water partition coefficient (Wildman–Crippen LogP) is 1.56. The molecular formula is C13H20ClN3O2. The van der Waals surface area contributed by atoms with Crippen LogP contribution in [0.3, 0.4) is 0 Å². The van der Waals surface area contributed by atoms with Crippen molar-refractivity contribution in [1.29, 1.82) is 0 Å². The summed E-state index contributed by atoms with van der Waals surface area (Å²) in [6, 6.07) is 4.96. The Morgan fingerprint density at radius 3 is 2.79 bits per heavy atom. The minimum Gasteiger partial charge on any atom is -0.397 e. The maximum atomic E-state index is 11.8. The number of nitrogens with one attached hydrogen (secondary N) is 1.